The second-order valence-electron chi connectivity index (χ2n) is 7.09. The first-order chi connectivity index (χ1) is 13.9. The van der Waals surface area contributed by atoms with Gasteiger partial charge in [-0.2, -0.15) is 0 Å². The lowest BCUT2D eigenvalue weighted by Crippen LogP contribution is -2.36. The Hall–Kier alpha value is -2.15. The Labute approximate surface area is 181 Å². The summed E-state index contributed by atoms with van der Waals surface area (Å²) in [5, 5.41) is 1.37. The van der Waals surface area contributed by atoms with Gasteiger partial charge in [-0.15, -0.1) is 0 Å². The first-order valence-electron chi connectivity index (χ1n) is 9.80. The van der Waals surface area contributed by atoms with Crippen molar-refractivity contribution >= 4 is 49.9 Å². The van der Waals surface area contributed by atoms with Crippen molar-refractivity contribution in [3.05, 3.63) is 53.1 Å². The summed E-state index contributed by atoms with van der Waals surface area (Å²) in [6, 6.07) is 13.5. The number of aromatic nitrogens is 1. The minimum Gasteiger partial charge on any atom is -0.372 e. The molecule has 0 saturated heterocycles. The number of anilines is 2. The van der Waals surface area contributed by atoms with Crippen LogP contribution < -0.4 is 9.80 Å². The van der Waals surface area contributed by atoms with E-state index in [1.165, 1.54) is 11.3 Å². The van der Waals surface area contributed by atoms with Gasteiger partial charge in [0.25, 0.3) is 5.91 Å². The summed E-state index contributed by atoms with van der Waals surface area (Å²) >= 11 is 7.61. The highest BCUT2D eigenvalue weighted by Gasteiger charge is 2.21. The van der Waals surface area contributed by atoms with Crippen molar-refractivity contribution in [2.75, 3.05) is 50.1 Å². The molecule has 0 fully saturated rings. The summed E-state index contributed by atoms with van der Waals surface area (Å²) in [7, 11) is 4.00. The normalized spacial score (nSPS) is 11.2. The fourth-order valence-corrected chi connectivity index (χ4v) is 4.41. The fourth-order valence-electron chi connectivity index (χ4n) is 3.15. The molecule has 0 aliphatic heterocycles. The maximum Gasteiger partial charge on any atom is 0.260 e. The second kappa shape index (κ2) is 9.57. The van der Waals surface area contributed by atoms with E-state index < -0.39 is 0 Å². The number of carbonyl (C=O) groups excluding carboxylic acids is 1. The molecular weight excluding hydrogens is 404 g/mol. The predicted octanol–water partition coefficient (Wildman–Crippen LogP) is 5.00. The van der Waals surface area contributed by atoms with Crippen molar-refractivity contribution in [3.63, 3.8) is 0 Å². The number of hydrogen-bond acceptors (Lipinski definition) is 5. The Morgan fingerprint density at radius 1 is 1.03 bits per heavy atom. The van der Waals surface area contributed by atoms with Crippen LogP contribution in [-0.2, 0) is 0 Å². The second-order valence-corrected chi connectivity index (χ2v) is 8.53. The number of benzene rings is 2. The van der Waals surface area contributed by atoms with E-state index in [0.717, 1.165) is 35.5 Å². The maximum absolute atomic E-state index is 13.4. The van der Waals surface area contributed by atoms with Crippen molar-refractivity contribution in [2.45, 2.75) is 13.8 Å². The van der Waals surface area contributed by atoms with Crippen molar-refractivity contribution in [3.8, 4) is 0 Å². The summed E-state index contributed by atoms with van der Waals surface area (Å²) in [6.45, 7) is 7.45. The van der Waals surface area contributed by atoms with Gasteiger partial charge < -0.3 is 9.80 Å². The molecule has 3 aromatic rings. The highest BCUT2D eigenvalue weighted by Crippen LogP contribution is 2.31. The lowest BCUT2D eigenvalue weighted by Gasteiger charge is -2.23. The van der Waals surface area contributed by atoms with Gasteiger partial charge in [-0.1, -0.05) is 22.9 Å². The van der Waals surface area contributed by atoms with Gasteiger partial charge in [0.15, 0.2) is 5.13 Å². The zero-order valence-electron chi connectivity index (χ0n) is 17.4. The lowest BCUT2D eigenvalue weighted by molar-refractivity contribution is 0.0985. The quantitative estimate of drug-likeness (QED) is 0.504. The molecule has 5 nitrogen and oxygen atoms in total. The van der Waals surface area contributed by atoms with Gasteiger partial charge in [0.1, 0.15) is 0 Å². The Kier molecular flexibility index (Phi) is 7.11. The number of thiazole rings is 1. The van der Waals surface area contributed by atoms with Gasteiger partial charge in [-0.3, -0.25) is 9.69 Å². The van der Waals surface area contributed by atoms with E-state index in [-0.39, 0.29) is 5.91 Å². The van der Waals surface area contributed by atoms with Gasteiger partial charge in [-0.25, -0.2) is 4.98 Å². The number of halogens is 1. The predicted molar refractivity (Wildman–Crippen MR) is 125 cm³/mol. The Morgan fingerprint density at radius 3 is 2.34 bits per heavy atom. The molecule has 29 heavy (non-hydrogen) atoms. The highest BCUT2D eigenvalue weighted by molar-refractivity contribution is 7.22. The summed E-state index contributed by atoms with van der Waals surface area (Å²) in [6.07, 6.45) is 0. The van der Waals surface area contributed by atoms with Gasteiger partial charge in [0.2, 0.25) is 0 Å². The summed E-state index contributed by atoms with van der Waals surface area (Å²) in [5.74, 6) is -0.0388. The Bertz CT molecular complexity index is 967. The molecule has 3 rings (SSSR count). The number of nitrogens with zero attached hydrogens (tertiary/aromatic N) is 4. The van der Waals surface area contributed by atoms with Crippen LogP contribution in [0.25, 0.3) is 10.2 Å². The molecule has 0 saturated carbocycles. The molecule has 0 unspecified atom stereocenters. The molecule has 1 heterocycles. The van der Waals surface area contributed by atoms with E-state index in [1.54, 1.807) is 4.90 Å². The molecule has 7 heteroatoms. The van der Waals surface area contributed by atoms with Crippen molar-refractivity contribution in [1.82, 2.24) is 9.88 Å². The van der Waals surface area contributed by atoms with Crippen molar-refractivity contribution < 1.29 is 4.79 Å². The number of fused-ring (bicyclic) bond motifs is 1. The van der Waals surface area contributed by atoms with E-state index in [9.17, 15) is 4.79 Å². The molecule has 0 N–H and O–H groups in total. The molecule has 0 radical (unpaired) electrons. The minimum absolute atomic E-state index is 0.0388. The van der Waals surface area contributed by atoms with E-state index >= 15 is 0 Å². The number of likely N-dealkylation sites (N-methyl/N-ethyl adjacent to an activating group) is 1. The van der Waals surface area contributed by atoms with Gasteiger partial charge >= 0.3 is 0 Å². The molecule has 0 spiro atoms. The van der Waals surface area contributed by atoms with Gasteiger partial charge in [0.05, 0.1) is 10.2 Å². The summed E-state index contributed by atoms with van der Waals surface area (Å²) in [5.41, 5.74) is 2.65. The molecule has 1 aromatic heterocycles. The van der Waals surface area contributed by atoms with Crippen LogP contribution in [-0.4, -0.2) is 56.1 Å². The van der Waals surface area contributed by atoms with E-state index in [2.05, 4.69) is 28.6 Å². The number of amides is 1. The van der Waals surface area contributed by atoms with Crippen LogP contribution in [0.3, 0.4) is 0 Å². The zero-order chi connectivity index (χ0) is 21.0. The van der Waals surface area contributed by atoms with E-state index in [0.29, 0.717) is 22.3 Å². The van der Waals surface area contributed by atoms with Crippen molar-refractivity contribution in [2.24, 2.45) is 0 Å². The lowest BCUT2D eigenvalue weighted by atomic mass is 10.1. The van der Waals surface area contributed by atoms with Crippen LogP contribution in [0.15, 0.2) is 42.5 Å². The average molecular weight is 431 g/mol. The number of carbonyl (C=O) groups is 1. The molecule has 0 aliphatic rings. The molecule has 1 amide bonds. The third-order valence-corrected chi connectivity index (χ3v) is 6.11. The largest absolute Gasteiger partial charge is 0.372 e. The van der Waals surface area contributed by atoms with Crippen LogP contribution in [0.5, 0.6) is 0 Å². The van der Waals surface area contributed by atoms with Crippen LogP contribution >= 0.6 is 22.9 Å². The van der Waals surface area contributed by atoms with E-state index in [1.807, 2.05) is 56.6 Å². The zero-order valence-corrected chi connectivity index (χ0v) is 18.9. The van der Waals surface area contributed by atoms with Gasteiger partial charge in [-0.05, 0) is 70.4 Å². The molecule has 0 bridgehead atoms. The molecule has 0 atom stereocenters. The topological polar surface area (TPSA) is 39.7 Å². The molecular formula is C22H27ClN4OS. The average Bonchev–Trinajstić information content (AvgIpc) is 3.12. The molecule has 2 aromatic carbocycles. The highest BCUT2D eigenvalue weighted by atomic mass is 35.5. The molecule has 0 aliphatic carbocycles. The smallest absolute Gasteiger partial charge is 0.260 e. The standard InChI is InChI=1S/C22H27ClN4OS/c1-5-26(6-2)18-10-7-16(8-11-18)21(28)27(14-13-25(3)4)22-24-19-12-9-17(23)15-20(19)29-22/h7-12,15H,5-6,13-14H2,1-4H3. The van der Waals surface area contributed by atoms with Crippen molar-refractivity contribution in [1.29, 1.82) is 0 Å². The van der Waals surface area contributed by atoms with Crippen LogP contribution in [0.2, 0.25) is 5.02 Å². The third kappa shape index (κ3) is 5.07. The van der Waals surface area contributed by atoms with Crippen LogP contribution in [0.1, 0.15) is 24.2 Å². The first-order valence-corrected chi connectivity index (χ1v) is 11.0. The Balaban J connectivity index is 1.91. The maximum atomic E-state index is 13.4. The van der Waals surface area contributed by atoms with Crippen LogP contribution in [0.4, 0.5) is 10.8 Å². The summed E-state index contributed by atoms with van der Waals surface area (Å²) < 4.78 is 0.979. The monoisotopic (exact) mass is 430 g/mol. The number of rotatable bonds is 8. The fraction of sp³-hybridized carbons (Fsp3) is 0.364. The summed E-state index contributed by atoms with van der Waals surface area (Å²) in [4.78, 5) is 24.1. The molecule has 154 valence electrons. The third-order valence-electron chi connectivity index (χ3n) is 4.83. The SMILES string of the molecule is CCN(CC)c1ccc(C(=O)N(CCN(C)C)c2nc3ccc(Cl)cc3s2)cc1. The first kappa shape index (κ1) is 21.6. The van der Waals surface area contributed by atoms with Gasteiger partial charge in [0, 0.05) is 42.5 Å². The Morgan fingerprint density at radius 2 is 1.72 bits per heavy atom. The minimum atomic E-state index is -0.0388. The number of hydrogen-bond donors (Lipinski definition) is 0. The van der Waals surface area contributed by atoms with Crippen LogP contribution in [0, 0.1) is 0 Å². The van der Waals surface area contributed by atoms with E-state index in [4.69, 9.17) is 11.6 Å².